The van der Waals surface area contributed by atoms with Gasteiger partial charge in [0.15, 0.2) is 5.78 Å². The van der Waals surface area contributed by atoms with E-state index in [2.05, 4.69) is 25.9 Å². The molecule has 2 rings (SSSR count). The Kier molecular flexibility index (Phi) is 6.99. The van der Waals surface area contributed by atoms with Crippen LogP contribution in [0.15, 0.2) is 46.0 Å². The Morgan fingerprint density at radius 2 is 1.68 bits per heavy atom. The van der Waals surface area contributed by atoms with Crippen LogP contribution in [0.2, 0.25) is 0 Å². The molecule has 0 spiro atoms. The molecule has 9 nitrogen and oxygen atoms in total. The first-order valence-corrected chi connectivity index (χ1v) is 10.4. The van der Waals surface area contributed by atoms with Crippen LogP contribution in [-0.2, 0) is 19.6 Å². The van der Waals surface area contributed by atoms with Gasteiger partial charge < -0.3 is 11.5 Å². The monoisotopic (exact) mass is 469 g/mol. The highest BCUT2D eigenvalue weighted by Gasteiger charge is 2.37. The molecule has 0 aliphatic rings. The molecule has 0 saturated heterocycles. The highest BCUT2D eigenvalue weighted by Crippen LogP contribution is 2.23. The number of hydrogen-bond donors (Lipinski definition) is 2. The molecule has 0 aliphatic carbocycles. The lowest BCUT2D eigenvalue weighted by atomic mass is 10.1. The Morgan fingerprint density at radius 3 is 2.18 bits per heavy atom. The number of aromatic nitrogens is 2. The molecule has 0 fully saturated rings. The zero-order valence-corrected chi connectivity index (χ0v) is 17.6. The van der Waals surface area contributed by atoms with Crippen molar-refractivity contribution < 1.29 is 18.0 Å². The van der Waals surface area contributed by atoms with E-state index in [9.17, 15) is 18.0 Å². The maximum Gasteiger partial charge on any atom is 0.273 e. The molecule has 2 atom stereocenters. The Balaban J connectivity index is 2.50. The fourth-order valence-corrected chi connectivity index (χ4v) is 3.77. The summed E-state index contributed by atoms with van der Waals surface area (Å²) in [6.07, 6.45) is 2.19. The van der Waals surface area contributed by atoms with Crippen LogP contribution in [0.3, 0.4) is 0 Å². The fourth-order valence-electron chi connectivity index (χ4n) is 2.19. The summed E-state index contributed by atoms with van der Waals surface area (Å²) in [6, 6.07) is 3.66. The van der Waals surface area contributed by atoms with Gasteiger partial charge in [-0.1, -0.05) is 17.7 Å². The van der Waals surface area contributed by atoms with E-state index in [1.165, 1.54) is 31.5 Å². The number of carbonyl (C=O) groups is 2. The molecular weight excluding hydrogens is 450 g/mol. The number of halogens is 1. The second-order valence-electron chi connectivity index (χ2n) is 6.19. The van der Waals surface area contributed by atoms with E-state index < -0.39 is 40.2 Å². The normalized spacial score (nSPS) is 13.6. The van der Waals surface area contributed by atoms with Crippen LogP contribution in [-0.4, -0.2) is 42.2 Å². The van der Waals surface area contributed by atoms with Crippen LogP contribution in [0.5, 0.6) is 0 Å². The first-order chi connectivity index (χ1) is 13.0. The molecule has 0 aliphatic heterocycles. The molecule has 0 radical (unpaired) electrons. The number of ketones is 1. The summed E-state index contributed by atoms with van der Waals surface area (Å²) in [5, 5.41) is 0. The third kappa shape index (κ3) is 4.98. The maximum atomic E-state index is 13.1. The van der Waals surface area contributed by atoms with E-state index in [4.69, 9.17) is 11.5 Å². The van der Waals surface area contributed by atoms with Gasteiger partial charge in [-0.3, -0.25) is 9.59 Å². The Bertz CT molecular complexity index is 962. The average molecular weight is 470 g/mol. The zero-order valence-electron chi connectivity index (χ0n) is 15.2. The molecule has 28 heavy (non-hydrogen) atoms. The van der Waals surface area contributed by atoms with Gasteiger partial charge in [-0.15, -0.1) is 0 Å². The number of nitrogens with zero attached hydrogens (tertiary/aromatic N) is 3. The maximum absolute atomic E-state index is 13.1. The van der Waals surface area contributed by atoms with E-state index in [0.29, 0.717) is 8.78 Å². The van der Waals surface area contributed by atoms with Crippen LogP contribution in [0.25, 0.3) is 0 Å². The predicted octanol–water partition coefficient (Wildman–Crippen LogP) is 0.903. The lowest BCUT2D eigenvalue weighted by Crippen LogP contribution is -2.49. The highest BCUT2D eigenvalue weighted by molar-refractivity contribution is 9.10. The summed E-state index contributed by atoms with van der Waals surface area (Å²) >= 11 is 3.15. The van der Waals surface area contributed by atoms with Gasteiger partial charge in [0.05, 0.1) is 21.5 Å². The average Bonchev–Trinajstić information content (AvgIpc) is 2.63. The Morgan fingerprint density at radius 1 is 1.14 bits per heavy atom. The standard InChI is InChI=1S/C17H20BrN5O4S/c1-10-3-5-13(6-4-10)28(26,27)23(17-21-8-12(18)9-22-17)16(25)14(20)7-15(24)11(2)19/h3-6,8-9,11,14H,7,19-20H2,1-2H3/t11-,14-/m0/s1. The van der Waals surface area contributed by atoms with Crippen molar-refractivity contribution in [2.45, 2.75) is 37.2 Å². The van der Waals surface area contributed by atoms with Gasteiger partial charge in [0, 0.05) is 18.8 Å². The second kappa shape index (κ2) is 8.86. The lowest BCUT2D eigenvalue weighted by molar-refractivity contribution is -0.125. The number of rotatable bonds is 7. The molecule has 2 aromatic rings. The lowest BCUT2D eigenvalue weighted by Gasteiger charge is -2.23. The van der Waals surface area contributed by atoms with Gasteiger partial charge >= 0.3 is 0 Å². The van der Waals surface area contributed by atoms with E-state index in [-0.39, 0.29) is 10.8 Å². The van der Waals surface area contributed by atoms with Crippen molar-refractivity contribution in [1.82, 2.24) is 9.97 Å². The number of anilines is 1. The van der Waals surface area contributed by atoms with Crippen LogP contribution in [0.1, 0.15) is 18.9 Å². The minimum Gasteiger partial charge on any atom is -0.322 e. The smallest absolute Gasteiger partial charge is 0.273 e. The van der Waals surface area contributed by atoms with E-state index >= 15 is 0 Å². The topological polar surface area (TPSA) is 149 Å². The second-order valence-corrected chi connectivity index (χ2v) is 8.89. The number of Topliss-reactive ketones (excluding diaryl/α,β-unsaturated/α-hetero) is 1. The number of hydrogen-bond acceptors (Lipinski definition) is 8. The van der Waals surface area contributed by atoms with Crippen LogP contribution < -0.4 is 15.8 Å². The number of benzene rings is 1. The van der Waals surface area contributed by atoms with Crippen molar-refractivity contribution >= 4 is 43.6 Å². The van der Waals surface area contributed by atoms with Crippen LogP contribution in [0.4, 0.5) is 5.95 Å². The fraction of sp³-hybridized carbons (Fsp3) is 0.294. The molecule has 1 aromatic heterocycles. The molecule has 1 amide bonds. The van der Waals surface area contributed by atoms with Gasteiger partial charge in [0.2, 0.25) is 5.95 Å². The van der Waals surface area contributed by atoms with Crippen molar-refractivity contribution in [3.8, 4) is 0 Å². The first kappa shape index (κ1) is 22.1. The van der Waals surface area contributed by atoms with E-state index in [0.717, 1.165) is 5.56 Å². The van der Waals surface area contributed by atoms with Crippen molar-refractivity contribution in [2.75, 3.05) is 4.31 Å². The number of nitrogens with two attached hydrogens (primary N) is 2. The molecule has 0 bridgehead atoms. The molecule has 0 saturated carbocycles. The van der Waals surface area contributed by atoms with Gasteiger partial charge in [-0.25, -0.2) is 18.4 Å². The number of sulfonamides is 1. The van der Waals surface area contributed by atoms with Crippen molar-refractivity contribution in [3.05, 3.63) is 46.7 Å². The molecule has 1 aromatic carbocycles. The number of amides is 1. The molecule has 0 unspecified atom stereocenters. The zero-order chi connectivity index (χ0) is 21.1. The Labute approximate surface area is 171 Å². The van der Waals surface area contributed by atoms with Gasteiger partial charge in [-0.05, 0) is 41.9 Å². The van der Waals surface area contributed by atoms with Crippen molar-refractivity contribution in [1.29, 1.82) is 0 Å². The summed E-state index contributed by atoms with van der Waals surface area (Å²) in [6.45, 7) is 3.25. The highest BCUT2D eigenvalue weighted by atomic mass is 79.9. The summed E-state index contributed by atoms with van der Waals surface area (Å²) in [5.41, 5.74) is 12.2. The third-order valence-electron chi connectivity index (χ3n) is 3.79. The summed E-state index contributed by atoms with van der Waals surface area (Å²) < 4.78 is 27.2. The quantitative estimate of drug-likeness (QED) is 0.606. The number of carbonyl (C=O) groups excluding carboxylic acids is 2. The molecular formula is C17H20BrN5O4S. The summed E-state index contributed by atoms with van der Waals surface area (Å²) in [7, 11) is -4.36. The van der Waals surface area contributed by atoms with Gasteiger partial charge in [0.1, 0.15) is 0 Å². The minimum absolute atomic E-state index is 0.135. The van der Waals surface area contributed by atoms with Gasteiger partial charge in [0.25, 0.3) is 15.9 Å². The summed E-state index contributed by atoms with van der Waals surface area (Å²) in [5.74, 6) is -1.88. The number of aryl methyl sites for hydroxylation is 1. The van der Waals surface area contributed by atoms with E-state index in [1.54, 1.807) is 19.1 Å². The largest absolute Gasteiger partial charge is 0.322 e. The Hall–Kier alpha value is -2.21. The molecule has 4 N–H and O–H groups in total. The van der Waals surface area contributed by atoms with Crippen LogP contribution in [0, 0.1) is 6.92 Å². The van der Waals surface area contributed by atoms with E-state index in [1.807, 2.05) is 0 Å². The first-order valence-electron chi connectivity index (χ1n) is 8.21. The van der Waals surface area contributed by atoms with Crippen LogP contribution >= 0.6 is 15.9 Å². The third-order valence-corrected chi connectivity index (χ3v) is 5.90. The molecule has 1 heterocycles. The molecule has 150 valence electrons. The predicted molar refractivity (Wildman–Crippen MR) is 107 cm³/mol. The van der Waals surface area contributed by atoms with Gasteiger partial charge in [-0.2, -0.15) is 4.31 Å². The van der Waals surface area contributed by atoms with Crippen molar-refractivity contribution in [2.24, 2.45) is 11.5 Å². The SMILES string of the molecule is Cc1ccc(S(=O)(=O)N(C(=O)[C@@H](N)CC(=O)[C@H](C)N)c2ncc(Br)cn2)cc1. The van der Waals surface area contributed by atoms with Crippen molar-refractivity contribution in [3.63, 3.8) is 0 Å². The minimum atomic E-state index is -4.36. The summed E-state index contributed by atoms with van der Waals surface area (Å²) in [4.78, 5) is 32.4. The molecule has 11 heteroatoms.